The van der Waals surface area contributed by atoms with Gasteiger partial charge in [-0.05, 0) is 68.4 Å². The van der Waals surface area contributed by atoms with Crippen LogP contribution in [0.2, 0.25) is 0 Å². The summed E-state index contributed by atoms with van der Waals surface area (Å²) in [7, 11) is -1.57. The Kier molecular flexibility index (Phi) is 6.59. The standard InChI is InChI=1S/C23H28N4O4S/c1-25-14-16-26(17-15-25)32(30,31)21-11-7-19(8-12-21)24-23(29)18-5-9-20(10-6-18)27-13-3-2-4-22(27)28/h5-12H,2-4,13-17H2,1H3,(H,24,29). The second-order valence-corrected chi connectivity index (χ2v) is 10.2. The first-order valence-corrected chi connectivity index (χ1v) is 12.3. The number of hydrogen-bond donors (Lipinski definition) is 1. The van der Waals surface area contributed by atoms with E-state index in [2.05, 4.69) is 10.2 Å². The lowest BCUT2D eigenvalue weighted by atomic mass is 10.1. The summed E-state index contributed by atoms with van der Waals surface area (Å²) in [5.74, 6) is -0.184. The molecule has 2 aliphatic rings. The first-order valence-electron chi connectivity index (χ1n) is 10.9. The number of sulfonamides is 1. The number of benzene rings is 2. The fourth-order valence-corrected chi connectivity index (χ4v) is 5.38. The van der Waals surface area contributed by atoms with Crippen molar-refractivity contribution in [3.05, 3.63) is 54.1 Å². The van der Waals surface area contributed by atoms with Crippen LogP contribution in [0.5, 0.6) is 0 Å². The molecule has 0 saturated carbocycles. The molecule has 0 aromatic heterocycles. The molecule has 170 valence electrons. The highest BCUT2D eigenvalue weighted by Crippen LogP contribution is 2.23. The molecule has 0 unspecified atom stereocenters. The molecule has 4 rings (SSSR count). The maximum Gasteiger partial charge on any atom is 0.255 e. The molecule has 9 heteroatoms. The fourth-order valence-electron chi connectivity index (χ4n) is 3.96. The SMILES string of the molecule is CN1CCN(S(=O)(=O)c2ccc(NC(=O)c3ccc(N4CCCCC4=O)cc3)cc2)CC1. The first-order chi connectivity index (χ1) is 15.3. The Morgan fingerprint density at radius 2 is 1.53 bits per heavy atom. The molecule has 0 radical (unpaired) electrons. The van der Waals surface area contributed by atoms with Crippen molar-refractivity contribution in [3.63, 3.8) is 0 Å². The van der Waals surface area contributed by atoms with E-state index in [1.54, 1.807) is 41.3 Å². The van der Waals surface area contributed by atoms with E-state index in [1.165, 1.54) is 16.4 Å². The van der Waals surface area contributed by atoms with Crippen LogP contribution in [0.15, 0.2) is 53.4 Å². The van der Waals surface area contributed by atoms with E-state index in [1.807, 2.05) is 7.05 Å². The molecule has 0 bridgehead atoms. The predicted octanol–water partition coefficient (Wildman–Crippen LogP) is 2.39. The van der Waals surface area contributed by atoms with Crippen LogP contribution in [0.3, 0.4) is 0 Å². The first kappa shape index (κ1) is 22.4. The van der Waals surface area contributed by atoms with Gasteiger partial charge in [0.05, 0.1) is 4.90 Å². The minimum absolute atomic E-state index is 0.111. The van der Waals surface area contributed by atoms with Crippen LogP contribution in [0.4, 0.5) is 11.4 Å². The van der Waals surface area contributed by atoms with Crippen LogP contribution in [-0.2, 0) is 14.8 Å². The molecule has 8 nitrogen and oxygen atoms in total. The van der Waals surface area contributed by atoms with E-state index in [9.17, 15) is 18.0 Å². The van der Waals surface area contributed by atoms with Gasteiger partial charge in [-0.3, -0.25) is 9.59 Å². The van der Waals surface area contributed by atoms with Gasteiger partial charge < -0.3 is 15.1 Å². The average Bonchev–Trinajstić information content (AvgIpc) is 2.80. The Bertz CT molecular complexity index is 1080. The maximum absolute atomic E-state index is 12.8. The molecule has 2 heterocycles. The number of anilines is 2. The van der Waals surface area contributed by atoms with Gasteiger partial charge in [0.2, 0.25) is 15.9 Å². The van der Waals surface area contributed by atoms with Crippen molar-refractivity contribution >= 4 is 33.2 Å². The molecule has 2 fully saturated rings. The summed E-state index contributed by atoms with van der Waals surface area (Å²) in [5, 5.41) is 2.80. The van der Waals surface area contributed by atoms with E-state index >= 15 is 0 Å². The van der Waals surface area contributed by atoms with E-state index in [4.69, 9.17) is 0 Å². The smallest absolute Gasteiger partial charge is 0.255 e. The summed E-state index contributed by atoms with van der Waals surface area (Å²) >= 11 is 0. The highest BCUT2D eigenvalue weighted by atomic mass is 32.2. The van der Waals surface area contributed by atoms with E-state index in [-0.39, 0.29) is 16.7 Å². The molecule has 2 amide bonds. The number of hydrogen-bond acceptors (Lipinski definition) is 5. The lowest BCUT2D eigenvalue weighted by Crippen LogP contribution is -2.46. The van der Waals surface area contributed by atoms with Crippen molar-refractivity contribution in [2.45, 2.75) is 24.2 Å². The predicted molar refractivity (Wildman–Crippen MR) is 123 cm³/mol. The fraction of sp³-hybridized carbons (Fsp3) is 0.391. The van der Waals surface area contributed by atoms with Crippen molar-refractivity contribution in [2.24, 2.45) is 0 Å². The number of nitrogens with one attached hydrogen (secondary N) is 1. The van der Waals surface area contributed by atoms with Crippen LogP contribution in [0.1, 0.15) is 29.6 Å². The van der Waals surface area contributed by atoms with Crippen LogP contribution >= 0.6 is 0 Å². The number of likely N-dealkylation sites (N-methyl/N-ethyl adjacent to an activating group) is 1. The number of rotatable bonds is 5. The van der Waals surface area contributed by atoms with Gasteiger partial charge in [-0.15, -0.1) is 0 Å². The third kappa shape index (κ3) is 4.85. The zero-order valence-electron chi connectivity index (χ0n) is 18.2. The number of piperazine rings is 1. The van der Waals surface area contributed by atoms with Gasteiger partial charge in [-0.25, -0.2) is 8.42 Å². The van der Waals surface area contributed by atoms with Crippen LogP contribution < -0.4 is 10.2 Å². The van der Waals surface area contributed by atoms with Gasteiger partial charge in [0, 0.05) is 56.1 Å². The molecule has 32 heavy (non-hydrogen) atoms. The van der Waals surface area contributed by atoms with Gasteiger partial charge in [0.25, 0.3) is 5.91 Å². The summed E-state index contributed by atoms with van der Waals surface area (Å²) in [6.07, 6.45) is 2.46. The summed E-state index contributed by atoms with van der Waals surface area (Å²) in [5.41, 5.74) is 1.78. The van der Waals surface area contributed by atoms with Crippen molar-refractivity contribution in [3.8, 4) is 0 Å². The van der Waals surface area contributed by atoms with Gasteiger partial charge >= 0.3 is 0 Å². The molecule has 2 saturated heterocycles. The Morgan fingerprint density at radius 1 is 0.875 bits per heavy atom. The zero-order valence-corrected chi connectivity index (χ0v) is 19.0. The molecular weight excluding hydrogens is 428 g/mol. The number of carbonyl (C=O) groups excluding carboxylic acids is 2. The summed E-state index contributed by atoms with van der Waals surface area (Å²) in [6, 6.07) is 13.2. The number of nitrogens with zero attached hydrogens (tertiary/aromatic N) is 3. The van der Waals surface area contributed by atoms with Gasteiger partial charge in [-0.1, -0.05) is 0 Å². The van der Waals surface area contributed by atoms with E-state index < -0.39 is 10.0 Å². The third-order valence-corrected chi connectivity index (χ3v) is 7.89. The highest BCUT2D eigenvalue weighted by Gasteiger charge is 2.27. The van der Waals surface area contributed by atoms with Crippen molar-refractivity contribution in [1.82, 2.24) is 9.21 Å². The summed E-state index contributed by atoms with van der Waals surface area (Å²) in [4.78, 5) is 28.7. The number of piperidine rings is 1. The van der Waals surface area contributed by atoms with Crippen LogP contribution in [0.25, 0.3) is 0 Å². The quantitative estimate of drug-likeness (QED) is 0.746. The normalized spacial score (nSPS) is 18.5. The topological polar surface area (TPSA) is 90.0 Å². The Labute approximate surface area is 188 Å². The number of amides is 2. The van der Waals surface area contributed by atoms with E-state index in [0.717, 1.165) is 18.5 Å². The maximum atomic E-state index is 12.8. The summed E-state index contributed by atoms with van der Waals surface area (Å²) in [6.45, 7) is 3.05. The Morgan fingerprint density at radius 3 is 2.16 bits per heavy atom. The molecule has 1 N–H and O–H groups in total. The van der Waals surface area contributed by atoms with Gasteiger partial charge in [0.15, 0.2) is 0 Å². The second-order valence-electron chi connectivity index (χ2n) is 8.24. The average molecular weight is 457 g/mol. The van der Waals surface area contributed by atoms with Crippen molar-refractivity contribution in [1.29, 1.82) is 0 Å². The molecule has 0 aliphatic carbocycles. The highest BCUT2D eigenvalue weighted by molar-refractivity contribution is 7.89. The van der Waals surface area contributed by atoms with Crippen molar-refractivity contribution in [2.75, 3.05) is 50.0 Å². The second kappa shape index (κ2) is 9.40. The molecular formula is C23H28N4O4S. The van der Waals surface area contributed by atoms with Crippen LogP contribution in [0, 0.1) is 0 Å². The van der Waals surface area contributed by atoms with Gasteiger partial charge in [0.1, 0.15) is 0 Å². The van der Waals surface area contributed by atoms with E-state index in [0.29, 0.717) is 50.4 Å². The van der Waals surface area contributed by atoms with Gasteiger partial charge in [-0.2, -0.15) is 4.31 Å². The monoisotopic (exact) mass is 456 g/mol. The lowest BCUT2D eigenvalue weighted by Gasteiger charge is -2.31. The summed E-state index contributed by atoms with van der Waals surface area (Å²) < 4.78 is 27.1. The number of carbonyl (C=O) groups is 2. The molecule has 2 aromatic rings. The molecule has 0 atom stereocenters. The Hall–Kier alpha value is -2.75. The van der Waals surface area contributed by atoms with Crippen LogP contribution in [-0.4, -0.2) is 69.2 Å². The minimum Gasteiger partial charge on any atom is -0.322 e. The Balaban J connectivity index is 1.40. The largest absolute Gasteiger partial charge is 0.322 e. The molecule has 0 spiro atoms. The molecule has 2 aliphatic heterocycles. The minimum atomic E-state index is -3.54. The third-order valence-electron chi connectivity index (χ3n) is 5.98. The zero-order chi connectivity index (χ0) is 22.7. The molecule has 2 aromatic carbocycles. The van der Waals surface area contributed by atoms with Crippen molar-refractivity contribution < 1.29 is 18.0 Å². The lowest BCUT2D eigenvalue weighted by molar-refractivity contribution is -0.119.